The highest BCUT2D eigenvalue weighted by Crippen LogP contribution is 2.14. The molecule has 0 fully saturated rings. The van der Waals surface area contributed by atoms with E-state index in [0.29, 0.717) is 51.0 Å². The lowest BCUT2D eigenvalue weighted by molar-refractivity contribution is -0.698. The number of pyridine rings is 1. The summed E-state index contributed by atoms with van der Waals surface area (Å²) in [6.45, 7) is 5.83. The molecule has 0 bridgehead atoms. The molecule has 0 aliphatic carbocycles. The number of hydrogen-bond acceptors (Lipinski definition) is 7. The van der Waals surface area contributed by atoms with Gasteiger partial charge in [-0.2, -0.15) is 0 Å². The number of hydrogen-bond donors (Lipinski definition) is 1. The van der Waals surface area contributed by atoms with E-state index in [1.165, 1.54) is 103 Å². The topological polar surface area (TPSA) is 110 Å². The normalized spacial score (nSPS) is 11.9. The van der Waals surface area contributed by atoms with Crippen molar-refractivity contribution in [3.8, 4) is 5.88 Å². The van der Waals surface area contributed by atoms with Crippen LogP contribution in [0.5, 0.6) is 5.88 Å². The Hall–Kier alpha value is -2.62. The summed E-state index contributed by atoms with van der Waals surface area (Å²) in [7, 11) is 0. The van der Waals surface area contributed by atoms with Crippen molar-refractivity contribution >= 4 is 5.91 Å². The van der Waals surface area contributed by atoms with Gasteiger partial charge in [0.1, 0.15) is 24.6 Å². The van der Waals surface area contributed by atoms with Gasteiger partial charge in [-0.3, -0.25) is 4.79 Å². The quantitative estimate of drug-likeness (QED) is 0.0777. The molecule has 0 spiro atoms. The van der Waals surface area contributed by atoms with Gasteiger partial charge >= 0.3 is 0 Å². The van der Waals surface area contributed by atoms with Crippen LogP contribution in [0.2, 0.25) is 0 Å². The van der Waals surface area contributed by atoms with E-state index in [9.17, 15) is 4.79 Å². The van der Waals surface area contributed by atoms with Gasteiger partial charge in [-0.25, -0.2) is 14.5 Å². The first-order valence-corrected chi connectivity index (χ1v) is 17.1. The number of ether oxygens (including phenoxy) is 4. The minimum atomic E-state index is -0.443. The molecule has 0 radical (unpaired) electrons. The molecule has 2 aromatic heterocycles. The molecule has 0 saturated carbocycles. The number of primary amides is 1. The van der Waals surface area contributed by atoms with Crippen molar-refractivity contribution < 1.29 is 28.3 Å². The van der Waals surface area contributed by atoms with E-state index in [0.717, 1.165) is 13.0 Å². The third-order valence-corrected chi connectivity index (χ3v) is 7.60. The van der Waals surface area contributed by atoms with Crippen LogP contribution >= 0.6 is 0 Å². The summed E-state index contributed by atoms with van der Waals surface area (Å²) in [6.07, 6.45) is 28.2. The van der Waals surface area contributed by atoms with Crippen LogP contribution in [0.15, 0.2) is 43.1 Å². The summed E-state index contributed by atoms with van der Waals surface area (Å²) in [6, 6.07) is 5.22. The van der Waals surface area contributed by atoms with Crippen LogP contribution in [-0.2, 0) is 20.8 Å². The fourth-order valence-electron chi connectivity index (χ4n) is 5.01. The molecule has 2 N–H and O–H groups in total. The van der Waals surface area contributed by atoms with Crippen molar-refractivity contribution in [1.29, 1.82) is 0 Å². The summed E-state index contributed by atoms with van der Waals surface area (Å²) in [5.41, 5.74) is 5.81. The fourth-order valence-corrected chi connectivity index (χ4v) is 5.01. The molecule has 2 rings (SSSR count). The Morgan fingerprint density at radius 1 is 0.773 bits per heavy atom. The van der Waals surface area contributed by atoms with Crippen LogP contribution in [-0.4, -0.2) is 61.6 Å². The Morgan fingerprint density at radius 2 is 1.36 bits per heavy atom. The van der Waals surface area contributed by atoms with Crippen molar-refractivity contribution in [2.24, 2.45) is 5.73 Å². The Labute approximate surface area is 266 Å². The van der Waals surface area contributed by atoms with Gasteiger partial charge in [-0.05, 0) is 12.5 Å². The molecule has 1 amide bonds. The number of amides is 1. The maximum Gasteiger partial charge on any atom is 0.254 e. The maximum absolute atomic E-state index is 11.3. The van der Waals surface area contributed by atoms with Crippen LogP contribution in [0.3, 0.4) is 0 Å². The van der Waals surface area contributed by atoms with Crippen LogP contribution in [0, 0.1) is 0 Å². The maximum atomic E-state index is 11.3. The van der Waals surface area contributed by atoms with Gasteiger partial charge in [0, 0.05) is 24.9 Å². The van der Waals surface area contributed by atoms with Crippen LogP contribution in [0.25, 0.3) is 0 Å². The fraction of sp³-hybridized carbons (Fsp3) is 0.714. The zero-order chi connectivity index (χ0) is 31.3. The molecule has 44 heavy (non-hydrogen) atoms. The smallest absolute Gasteiger partial charge is 0.254 e. The molecular formula is C35H59N4O5+. The van der Waals surface area contributed by atoms with E-state index < -0.39 is 5.91 Å². The predicted molar refractivity (Wildman–Crippen MR) is 174 cm³/mol. The van der Waals surface area contributed by atoms with Crippen molar-refractivity contribution in [2.45, 2.75) is 122 Å². The first kappa shape index (κ1) is 37.6. The van der Waals surface area contributed by atoms with Crippen molar-refractivity contribution in [2.75, 3.05) is 39.6 Å². The lowest BCUT2D eigenvalue weighted by Crippen LogP contribution is -2.37. The van der Waals surface area contributed by atoms with E-state index in [2.05, 4.69) is 16.9 Å². The predicted octanol–water partition coefficient (Wildman–Crippen LogP) is 6.62. The van der Waals surface area contributed by atoms with Gasteiger partial charge in [0.25, 0.3) is 5.91 Å². The molecular weight excluding hydrogens is 556 g/mol. The molecule has 2 aromatic rings. The van der Waals surface area contributed by atoms with Gasteiger partial charge in [0.2, 0.25) is 5.88 Å². The number of aromatic nitrogens is 3. The summed E-state index contributed by atoms with van der Waals surface area (Å²) in [5.74, 6) is 0.0625. The molecule has 1 atom stereocenters. The Bertz CT molecular complexity index is 950. The largest absolute Gasteiger partial charge is 0.469 e. The summed E-state index contributed by atoms with van der Waals surface area (Å²) in [4.78, 5) is 19.4. The minimum Gasteiger partial charge on any atom is -0.469 e. The molecule has 9 nitrogen and oxygen atoms in total. The Morgan fingerprint density at radius 3 is 1.95 bits per heavy atom. The highest BCUT2D eigenvalue weighted by molar-refractivity contribution is 5.92. The molecule has 248 valence electrons. The van der Waals surface area contributed by atoms with Crippen molar-refractivity contribution in [1.82, 2.24) is 9.97 Å². The van der Waals surface area contributed by atoms with Crippen LogP contribution < -0.4 is 15.0 Å². The third kappa shape index (κ3) is 20.4. The van der Waals surface area contributed by atoms with E-state index in [1.54, 1.807) is 30.6 Å². The first-order chi connectivity index (χ1) is 21.7. The van der Waals surface area contributed by atoms with Crippen LogP contribution in [0.4, 0.5) is 0 Å². The van der Waals surface area contributed by atoms with E-state index in [-0.39, 0.29) is 6.10 Å². The standard InChI is InChI=1S/C35H58N4O5/c1-2-3-4-5-6-7-8-9-10-11-12-13-14-15-16-17-24-42-29-33(44-34-20-21-37-31-38-34)30-43-27-26-41-25-23-39-22-18-19-32(28-39)35(36)40/h18-22,28,31,33H,2-17,23-27,29-30H2,1H3,(H-,36,40)/p+1. The lowest BCUT2D eigenvalue weighted by Gasteiger charge is -2.18. The summed E-state index contributed by atoms with van der Waals surface area (Å²) < 4.78 is 25.3. The Balaban J connectivity index is 1.46. The van der Waals surface area contributed by atoms with Crippen molar-refractivity contribution in [3.63, 3.8) is 0 Å². The third-order valence-electron chi connectivity index (χ3n) is 7.60. The second kappa shape index (κ2) is 26.8. The minimum absolute atomic E-state index is 0.266. The second-order valence-electron chi connectivity index (χ2n) is 11.5. The average Bonchev–Trinajstić information content (AvgIpc) is 3.04. The first-order valence-electron chi connectivity index (χ1n) is 17.1. The molecule has 9 heteroatoms. The molecule has 0 saturated heterocycles. The monoisotopic (exact) mass is 615 g/mol. The molecule has 0 aliphatic heterocycles. The highest BCUT2D eigenvalue weighted by Gasteiger charge is 2.13. The van der Waals surface area contributed by atoms with Crippen molar-refractivity contribution in [3.05, 3.63) is 48.7 Å². The van der Waals surface area contributed by atoms with Gasteiger partial charge in [-0.1, -0.05) is 103 Å². The average molecular weight is 616 g/mol. The number of nitrogens with zero attached hydrogens (tertiary/aromatic N) is 3. The SMILES string of the molecule is CCCCCCCCCCCCCCCCCCOCC(COCCOCC[n+]1cccc(C(N)=O)c1)Oc1ccncn1. The van der Waals surface area contributed by atoms with E-state index in [4.69, 9.17) is 24.7 Å². The van der Waals surface area contributed by atoms with Gasteiger partial charge in [0.05, 0.1) is 26.4 Å². The molecule has 2 heterocycles. The zero-order valence-electron chi connectivity index (χ0n) is 27.3. The Kier molecular flexibility index (Phi) is 22.8. The number of rotatable bonds is 30. The number of nitrogens with two attached hydrogens (primary N) is 1. The molecule has 1 unspecified atom stereocenters. The number of unbranched alkanes of at least 4 members (excludes halogenated alkanes) is 15. The van der Waals surface area contributed by atoms with E-state index in [1.807, 2.05) is 10.8 Å². The summed E-state index contributed by atoms with van der Waals surface area (Å²) in [5, 5.41) is 0. The lowest BCUT2D eigenvalue weighted by atomic mass is 10.0. The van der Waals surface area contributed by atoms with Gasteiger partial charge < -0.3 is 24.7 Å². The molecule has 0 aliphatic rings. The van der Waals surface area contributed by atoms with Gasteiger partial charge in [0.15, 0.2) is 18.9 Å². The highest BCUT2D eigenvalue weighted by atomic mass is 16.6. The number of carbonyl (C=O) groups excluding carboxylic acids is 1. The van der Waals surface area contributed by atoms with Crippen LogP contribution in [0.1, 0.15) is 120 Å². The van der Waals surface area contributed by atoms with E-state index >= 15 is 0 Å². The van der Waals surface area contributed by atoms with Gasteiger partial charge in [-0.15, -0.1) is 0 Å². The summed E-state index contributed by atoms with van der Waals surface area (Å²) >= 11 is 0. The molecule has 0 aromatic carbocycles. The number of carbonyl (C=O) groups is 1. The second-order valence-corrected chi connectivity index (χ2v) is 11.5. The zero-order valence-corrected chi connectivity index (χ0v) is 27.3.